The smallest absolute Gasteiger partial charge is 0.417 e. The molecule has 0 aliphatic carbocycles. The van der Waals surface area contributed by atoms with Crippen LogP contribution in [0.25, 0.3) is 0 Å². The molecule has 0 aromatic heterocycles. The van der Waals surface area contributed by atoms with Crippen LogP contribution >= 0.6 is 0 Å². The number of cyclic esters (lactones) is 1. The number of nitrogens with zero attached hydrogens (tertiary/aromatic N) is 1. The Balaban J connectivity index is 2.50. The molecule has 1 aliphatic heterocycles. The van der Waals surface area contributed by atoms with Gasteiger partial charge in [-0.2, -0.15) is 0 Å². The summed E-state index contributed by atoms with van der Waals surface area (Å²) in [6, 6.07) is -0.172. The number of nitrogens with two attached hydrogens (primary N) is 1. The molecule has 1 aliphatic rings. The van der Waals surface area contributed by atoms with Gasteiger partial charge in [0.25, 0.3) is 5.91 Å². The van der Waals surface area contributed by atoms with Gasteiger partial charge in [-0.25, -0.2) is 9.69 Å². The third-order valence-electron chi connectivity index (χ3n) is 2.61. The van der Waals surface area contributed by atoms with Crippen molar-refractivity contribution in [2.75, 3.05) is 13.2 Å². The average molecular weight is 200 g/mol. The molecule has 1 heterocycles. The molecular formula is C9H16N2O3. The van der Waals surface area contributed by atoms with E-state index in [4.69, 9.17) is 5.73 Å². The predicted octanol–water partition coefficient (Wildman–Crippen LogP) is 0.339. The topological polar surface area (TPSA) is 72.6 Å². The summed E-state index contributed by atoms with van der Waals surface area (Å²) in [7, 11) is 0. The zero-order chi connectivity index (χ0) is 10.7. The van der Waals surface area contributed by atoms with E-state index >= 15 is 0 Å². The van der Waals surface area contributed by atoms with Gasteiger partial charge in [-0.3, -0.25) is 4.79 Å². The molecule has 0 bridgehead atoms. The molecule has 1 saturated heterocycles. The highest BCUT2D eigenvalue weighted by atomic mass is 16.6. The molecule has 80 valence electrons. The van der Waals surface area contributed by atoms with Crippen LogP contribution in [-0.4, -0.2) is 36.1 Å². The van der Waals surface area contributed by atoms with Crippen LogP contribution in [0.3, 0.4) is 0 Å². The Hall–Kier alpha value is -1.10. The van der Waals surface area contributed by atoms with E-state index in [1.165, 1.54) is 0 Å². The molecule has 5 heteroatoms. The monoisotopic (exact) mass is 200 g/mol. The van der Waals surface area contributed by atoms with Crippen molar-refractivity contribution in [1.82, 2.24) is 4.90 Å². The summed E-state index contributed by atoms with van der Waals surface area (Å²) >= 11 is 0. The minimum atomic E-state index is -0.575. The van der Waals surface area contributed by atoms with Gasteiger partial charge in [0.1, 0.15) is 0 Å². The maximum absolute atomic E-state index is 11.2. The lowest BCUT2D eigenvalue weighted by Gasteiger charge is -2.21. The minimum absolute atomic E-state index is 0.147. The fourth-order valence-corrected chi connectivity index (χ4v) is 1.25. The molecule has 0 unspecified atom stereocenters. The van der Waals surface area contributed by atoms with Crippen molar-refractivity contribution in [3.05, 3.63) is 0 Å². The van der Waals surface area contributed by atoms with Crippen molar-refractivity contribution in [3.63, 3.8) is 0 Å². The van der Waals surface area contributed by atoms with Crippen molar-refractivity contribution < 1.29 is 14.3 Å². The van der Waals surface area contributed by atoms with E-state index in [-0.39, 0.29) is 31.0 Å². The van der Waals surface area contributed by atoms with Crippen LogP contribution in [0.2, 0.25) is 0 Å². The zero-order valence-electron chi connectivity index (χ0n) is 8.53. The van der Waals surface area contributed by atoms with Crippen molar-refractivity contribution in [1.29, 1.82) is 0 Å². The first-order chi connectivity index (χ1) is 6.56. The first-order valence-electron chi connectivity index (χ1n) is 4.79. The van der Waals surface area contributed by atoms with E-state index < -0.39 is 6.09 Å². The highest BCUT2D eigenvalue weighted by Gasteiger charge is 2.32. The van der Waals surface area contributed by atoms with Crippen LogP contribution in [0.5, 0.6) is 0 Å². The fourth-order valence-electron chi connectivity index (χ4n) is 1.25. The van der Waals surface area contributed by atoms with Crippen LogP contribution in [0.15, 0.2) is 0 Å². The molecule has 2 N–H and O–H groups in total. The lowest BCUT2D eigenvalue weighted by Crippen LogP contribution is -2.43. The number of ether oxygens (including phenoxy) is 1. The minimum Gasteiger partial charge on any atom is -0.439 e. The van der Waals surface area contributed by atoms with Gasteiger partial charge in [-0.1, -0.05) is 20.3 Å². The van der Waals surface area contributed by atoms with Gasteiger partial charge in [0.05, 0.1) is 0 Å². The fraction of sp³-hybridized carbons (Fsp3) is 0.778. The van der Waals surface area contributed by atoms with Crippen molar-refractivity contribution in [3.8, 4) is 0 Å². The number of amides is 2. The summed E-state index contributed by atoms with van der Waals surface area (Å²) in [4.78, 5) is 23.3. The van der Waals surface area contributed by atoms with Gasteiger partial charge in [0.2, 0.25) is 0 Å². The molecule has 1 rings (SSSR count). The SMILES string of the molecule is CC[C@@H](C)[C@@H](N)CN1C(=O)COC1=O. The Kier molecular flexibility index (Phi) is 3.46. The first kappa shape index (κ1) is 11.0. The van der Waals surface area contributed by atoms with Gasteiger partial charge in [-0.15, -0.1) is 0 Å². The lowest BCUT2D eigenvalue weighted by atomic mass is 10.00. The highest BCUT2D eigenvalue weighted by Crippen LogP contribution is 2.11. The Labute approximate surface area is 83.2 Å². The van der Waals surface area contributed by atoms with Crippen molar-refractivity contribution in [2.45, 2.75) is 26.3 Å². The first-order valence-corrected chi connectivity index (χ1v) is 4.79. The Bertz CT molecular complexity index is 226. The van der Waals surface area contributed by atoms with Crippen molar-refractivity contribution >= 4 is 12.0 Å². The maximum Gasteiger partial charge on any atom is 0.417 e. The van der Waals surface area contributed by atoms with Crippen LogP contribution in [0.1, 0.15) is 20.3 Å². The standard InChI is InChI=1S/C9H16N2O3/c1-3-6(2)7(10)4-11-8(12)5-14-9(11)13/h6-7H,3-5,10H2,1-2H3/t6-,7+/m1/s1. The summed E-state index contributed by atoms with van der Waals surface area (Å²) in [5, 5.41) is 0. The second-order valence-corrected chi connectivity index (χ2v) is 3.61. The molecule has 2 amide bonds. The zero-order valence-corrected chi connectivity index (χ0v) is 8.53. The summed E-state index contributed by atoms with van der Waals surface area (Å²) in [6.45, 7) is 4.13. The second-order valence-electron chi connectivity index (χ2n) is 3.61. The molecule has 0 aromatic rings. The second kappa shape index (κ2) is 4.41. The van der Waals surface area contributed by atoms with E-state index in [2.05, 4.69) is 4.74 Å². The third kappa shape index (κ3) is 2.23. The molecule has 1 fully saturated rings. The third-order valence-corrected chi connectivity index (χ3v) is 2.61. The molecule has 0 spiro atoms. The molecule has 0 radical (unpaired) electrons. The number of imide groups is 1. The maximum atomic E-state index is 11.2. The van der Waals surface area contributed by atoms with Crippen molar-refractivity contribution in [2.24, 2.45) is 11.7 Å². The van der Waals surface area contributed by atoms with Gasteiger partial charge < -0.3 is 10.5 Å². The van der Waals surface area contributed by atoms with Gasteiger partial charge in [-0.05, 0) is 5.92 Å². The summed E-state index contributed by atoms with van der Waals surface area (Å²) < 4.78 is 4.57. The van der Waals surface area contributed by atoms with E-state index in [9.17, 15) is 9.59 Å². The van der Waals surface area contributed by atoms with E-state index in [0.717, 1.165) is 11.3 Å². The molecule has 2 atom stereocenters. The number of hydrogen-bond donors (Lipinski definition) is 1. The largest absolute Gasteiger partial charge is 0.439 e. The summed E-state index contributed by atoms with van der Waals surface area (Å²) in [5.41, 5.74) is 5.83. The van der Waals surface area contributed by atoms with E-state index in [1.807, 2.05) is 13.8 Å². The van der Waals surface area contributed by atoms with Crippen LogP contribution in [0, 0.1) is 5.92 Å². The number of carbonyl (C=O) groups is 2. The Morgan fingerprint density at radius 2 is 2.21 bits per heavy atom. The van der Waals surface area contributed by atoms with Crippen LogP contribution < -0.4 is 5.73 Å². The summed E-state index contributed by atoms with van der Waals surface area (Å²) in [6.07, 6.45) is 0.354. The molecule has 5 nitrogen and oxygen atoms in total. The lowest BCUT2D eigenvalue weighted by molar-refractivity contribution is -0.126. The Morgan fingerprint density at radius 3 is 2.64 bits per heavy atom. The van der Waals surface area contributed by atoms with Gasteiger partial charge in [0, 0.05) is 12.6 Å². The van der Waals surface area contributed by atoms with E-state index in [0.29, 0.717) is 0 Å². The van der Waals surface area contributed by atoms with Crippen LogP contribution in [0.4, 0.5) is 4.79 Å². The number of rotatable bonds is 4. The van der Waals surface area contributed by atoms with Gasteiger partial charge >= 0.3 is 6.09 Å². The molecule has 14 heavy (non-hydrogen) atoms. The average Bonchev–Trinajstić information content (AvgIpc) is 2.48. The number of hydrogen-bond acceptors (Lipinski definition) is 4. The molecule has 0 saturated carbocycles. The van der Waals surface area contributed by atoms with Crippen LogP contribution in [-0.2, 0) is 9.53 Å². The quantitative estimate of drug-likeness (QED) is 0.710. The van der Waals surface area contributed by atoms with Gasteiger partial charge in [0.15, 0.2) is 6.61 Å². The molecule has 0 aromatic carbocycles. The molecular weight excluding hydrogens is 184 g/mol. The normalized spacial score (nSPS) is 20.9. The highest BCUT2D eigenvalue weighted by molar-refractivity contribution is 5.97. The number of carbonyl (C=O) groups excluding carboxylic acids is 2. The Morgan fingerprint density at radius 1 is 1.57 bits per heavy atom. The van der Waals surface area contributed by atoms with E-state index in [1.54, 1.807) is 0 Å². The predicted molar refractivity (Wildman–Crippen MR) is 50.5 cm³/mol. The summed E-state index contributed by atoms with van der Waals surface area (Å²) in [5.74, 6) is -0.00930.